The van der Waals surface area contributed by atoms with Crippen LogP contribution in [0.5, 0.6) is 0 Å². The molecular weight excluding hydrogens is 520 g/mol. The maximum absolute atomic E-state index is 13.7. The molecular formula is C27H26N6O3S2. The second-order valence-corrected chi connectivity index (χ2v) is 11.0. The predicted octanol–water partition coefficient (Wildman–Crippen LogP) is 3.97. The van der Waals surface area contributed by atoms with E-state index in [-0.39, 0.29) is 31.6 Å². The van der Waals surface area contributed by atoms with Crippen LogP contribution < -0.4 is 21.3 Å². The standard InChI is InChI=1S/C27H26N6O3S2/c1-16(2)15-28-23-19(24(34)31-13-9-8-12-21(31)29-23)14-20-25(35)32(27(37)38-20)22-17(3)30(4)33(26(22)36)18-10-6-5-7-11-18/h5-14,16,28H,15H2,1-4H3/b20-14+. The minimum Gasteiger partial charge on any atom is -0.369 e. The highest BCUT2D eigenvalue weighted by Crippen LogP contribution is 2.36. The summed E-state index contributed by atoms with van der Waals surface area (Å²) in [5, 5.41) is 3.24. The number of amides is 1. The lowest BCUT2D eigenvalue weighted by molar-refractivity contribution is -0.113. The van der Waals surface area contributed by atoms with Crippen molar-refractivity contribution in [2.24, 2.45) is 13.0 Å². The lowest BCUT2D eigenvalue weighted by Gasteiger charge is -2.13. The van der Waals surface area contributed by atoms with Crippen LogP contribution >= 0.6 is 24.0 Å². The average molecular weight is 547 g/mol. The summed E-state index contributed by atoms with van der Waals surface area (Å²) in [6.07, 6.45) is 3.16. The van der Waals surface area contributed by atoms with Crippen LogP contribution in [0.3, 0.4) is 0 Å². The molecule has 11 heteroatoms. The smallest absolute Gasteiger partial charge is 0.296 e. The summed E-state index contributed by atoms with van der Waals surface area (Å²) in [7, 11) is 1.76. The Morgan fingerprint density at radius 2 is 1.76 bits per heavy atom. The molecule has 0 spiro atoms. The summed E-state index contributed by atoms with van der Waals surface area (Å²) in [5.74, 6) is 0.241. The number of thioether (sulfide) groups is 1. The average Bonchev–Trinajstić information content (AvgIpc) is 3.29. The maximum Gasteiger partial charge on any atom is 0.296 e. The molecule has 1 fully saturated rings. The summed E-state index contributed by atoms with van der Waals surface area (Å²) in [6, 6.07) is 14.5. The Morgan fingerprint density at radius 1 is 1.05 bits per heavy atom. The highest BCUT2D eigenvalue weighted by atomic mass is 32.2. The lowest BCUT2D eigenvalue weighted by atomic mass is 10.2. The number of rotatable bonds is 6. The molecule has 0 radical (unpaired) electrons. The number of hydrogen-bond donors (Lipinski definition) is 1. The third kappa shape index (κ3) is 4.37. The molecule has 1 saturated heterocycles. The molecule has 3 aromatic heterocycles. The molecule has 0 aliphatic carbocycles. The molecule has 0 unspecified atom stereocenters. The van der Waals surface area contributed by atoms with E-state index >= 15 is 0 Å². The maximum atomic E-state index is 13.7. The predicted molar refractivity (Wildman–Crippen MR) is 156 cm³/mol. The largest absolute Gasteiger partial charge is 0.369 e. The van der Waals surface area contributed by atoms with Crippen LogP contribution in [0.15, 0.2) is 69.2 Å². The van der Waals surface area contributed by atoms with Crippen LogP contribution in [0.2, 0.25) is 0 Å². The van der Waals surface area contributed by atoms with E-state index in [1.807, 2.05) is 36.4 Å². The van der Waals surface area contributed by atoms with Gasteiger partial charge in [0.25, 0.3) is 17.0 Å². The van der Waals surface area contributed by atoms with Gasteiger partial charge in [-0.25, -0.2) is 9.67 Å². The molecule has 9 nitrogen and oxygen atoms in total. The van der Waals surface area contributed by atoms with Crippen molar-refractivity contribution in [1.29, 1.82) is 0 Å². The van der Waals surface area contributed by atoms with Gasteiger partial charge in [-0.3, -0.25) is 28.4 Å². The van der Waals surface area contributed by atoms with Gasteiger partial charge in [-0.2, -0.15) is 0 Å². The van der Waals surface area contributed by atoms with E-state index in [9.17, 15) is 14.4 Å². The van der Waals surface area contributed by atoms with Gasteiger partial charge in [0.1, 0.15) is 17.2 Å². The van der Waals surface area contributed by atoms with Crippen LogP contribution in [0, 0.1) is 12.8 Å². The minimum absolute atomic E-state index is 0.189. The molecule has 1 aliphatic heterocycles. The molecule has 38 heavy (non-hydrogen) atoms. The van der Waals surface area contributed by atoms with Crippen molar-refractivity contribution in [3.63, 3.8) is 0 Å². The van der Waals surface area contributed by atoms with Gasteiger partial charge in [0.15, 0.2) is 4.32 Å². The van der Waals surface area contributed by atoms with E-state index in [1.54, 1.807) is 37.0 Å². The van der Waals surface area contributed by atoms with Crippen LogP contribution in [-0.4, -0.2) is 35.5 Å². The fourth-order valence-electron chi connectivity index (χ4n) is 4.27. The molecule has 5 rings (SSSR count). The van der Waals surface area contributed by atoms with E-state index < -0.39 is 5.91 Å². The van der Waals surface area contributed by atoms with E-state index in [1.165, 1.54) is 20.1 Å². The van der Waals surface area contributed by atoms with Crippen molar-refractivity contribution < 1.29 is 4.79 Å². The Morgan fingerprint density at radius 3 is 2.47 bits per heavy atom. The Balaban J connectivity index is 1.61. The molecule has 194 valence electrons. The summed E-state index contributed by atoms with van der Waals surface area (Å²) in [4.78, 5) is 46.8. The van der Waals surface area contributed by atoms with E-state index in [4.69, 9.17) is 12.2 Å². The molecule has 4 aromatic rings. The van der Waals surface area contributed by atoms with Gasteiger partial charge in [0, 0.05) is 19.8 Å². The number of nitrogens with zero attached hydrogens (tertiary/aromatic N) is 5. The second kappa shape index (κ2) is 10.1. The van der Waals surface area contributed by atoms with Gasteiger partial charge in [0.05, 0.1) is 21.8 Å². The number of anilines is 2. The fraction of sp³-hybridized carbons (Fsp3) is 0.222. The topological polar surface area (TPSA) is 93.6 Å². The highest BCUT2D eigenvalue weighted by Gasteiger charge is 2.38. The monoisotopic (exact) mass is 546 g/mol. The van der Waals surface area contributed by atoms with Crippen LogP contribution in [0.25, 0.3) is 17.4 Å². The highest BCUT2D eigenvalue weighted by molar-refractivity contribution is 8.27. The number of fused-ring (bicyclic) bond motifs is 1. The summed E-state index contributed by atoms with van der Waals surface area (Å²) in [6.45, 7) is 6.47. The van der Waals surface area contributed by atoms with Gasteiger partial charge in [0.2, 0.25) is 0 Å². The fourth-order valence-corrected chi connectivity index (χ4v) is 5.52. The summed E-state index contributed by atoms with van der Waals surface area (Å²) < 4.78 is 4.86. The van der Waals surface area contributed by atoms with Crippen LogP contribution in [-0.2, 0) is 11.8 Å². The first-order valence-corrected chi connectivity index (χ1v) is 13.3. The van der Waals surface area contributed by atoms with Gasteiger partial charge in [-0.05, 0) is 43.2 Å². The van der Waals surface area contributed by atoms with Crippen LogP contribution in [0.4, 0.5) is 11.5 Å². The first kappa shape index (κ1) is 25.7. The number of carbonyl (C=O) groups is 1. The number of carbonyl (C=O) groups excluding carboxylic acids is 1. The zero-order valence-corrected chi connectivity index (χ0v) is 23.0. The molecule has 1 amide bonds. The zero-order chi connectivity index (χ0) is 27.1. The van der Waals surface area contributed by atoms with Crippen molar-refractivity contribution in [2.75, 3.05) is 16.8 Å². The minimum atomic E-state index is -0.460. The summed E-state index contributed by atoms with van der Waals surface area (Å²) in [5.41, 5.74) is 1.52. The van der Waals surface area contributed by atoms with Crippen molar-refractivity contribution in [2.45, 2.75) is 20.8 Å². The van der Waals surface area contributed by atoms with Crippen molar-refractivity contribution in [3.8, 4) is 5.69 Å². The number of benzene rings is 1. The molecule has 1 aromatic carbocycles. The summed E-state index contributed by atoms with van der Waals surface area (Å²) >= 11 is 6.62. The van der Waals surface area contributed by atoms with Gasteiger partial charge >= 0.3 is 0 Å². The van der Waals surface area contributed by atoms with Gasteiger partial charge in [-0.15, -0.1) is 0 Å². The number of para-hydroxylation sites is 1. The zero-order valence-electron chi connectivity index (χ0n) is 21.3. The van der Waals surface area contributed by atoms with E-state index in [0.29, 0.717) is 35.3 Å². The molecule has 1 aliphatic rings. The van der Waals surface area contributed by atoms with Gasteiger partial charge in [-0.1, -0.05) is 62.1 Å². The van der Waals surface area contributed by atoms with E-state index in [2.05, 4.69) is 24.1 Å². The first-order valence-electron chi connectivity index (χ1n) is 12.1. The van der Waals surface area contributed by atoms with Crippen LogP contribution in [0.1, 0.15) is 25.1 Å². The molecule has 0 bridgehead atoms. The van der Waals surface area contributed by atoms with Crippen molar-refractivity contribution in [1.82, 2.24) is 18.7 Å². The lowest BCUT2D eigenvalue weighted by Crippen LogP contribution is -2.33. The van der Waals surface area contributed by atoms with Crippen molar-refractivity contribution in [3.05, 3.63) is 91.6 Å². The Bertz CT molecular complexity index is 1730. The second-order valence-electron chi connectivity index (χ2n) is 9.31. The third-order valence-electron chi connectivity index (χ3n) is 6.26. The number of aromatic nitrogens is 4. The Kier molecular flexibility index (Phi) is 6.80. The van der Waals surface area contributed by atoms with E-state index in [0.717, 1.165) is 11.8 Å². The molecule has 1 N–H and O–H groups in total. The number of pyridine rings is 1. The quantitative estimate of drug-likeness (QED) is 0.289. The normalized spacial score (nSPS) is 14.9. The van der Waals surface area contributed by atoms with Crippen molar-refractivity contribution >= 4 is 57.4 Å². The Labute approximate surface area is 228 Å². The number of hydrogen-bond acceptors (Lipinski definition) is 7. The molecule has 4 heterocycles. The first-order chi connectivity index (χ1) is 18.2. The van der Waals surface area contributed by atoms with Gasteiger partial charge < -0.3 is 5.32 Å². The molecule has 0 atom stereocenters. The number of nitrogens with one attached hydrogen (secondary N) is 1. The SMILES string of the molecule is Cc1c(N2C(=O)/C(=C\c3c(NCC(C)C)nc4ccccn4c3=O)SC2=S)c(=O)n(-c2ccccc2)n1C. The Hall–Kier alpha value is -3.96. The number of thiocarbonyl (C=S) groups is 1. The molecule has 0 saturated carbocycles. The third-order valence-corrected chi connectivity index (χ3v) is 7.57.